The van der Waals surface area contributed by atoms with E-state index in [9.17, 15) is 5.11 Å². The van der Waals surface area contributed by atoms with Crippen molar-refractivity contribution in [2.45, 2.75) is 25.4 Å². The number of rotatable bonds is 11. The Morgan fingerprint density at radius 1 is 0.816 bits per heavy atom. The number of halogens is 2. The van der Waals surface area contributed by atoms with E-state index in [1.54, 1.807) is 6.08 Å². The molecule has 0 saturated carbocycles. The van der Waals surface area contributed by atoms with E-state index < -0.39 is 6.10 Å². The SMILES string of the molecule is C=C[C@@H](O)c1onc(OCc2ccccc2)c1Br.C=C[C@@H](c1onc(OCc2ccccc2)c1Br)N(C)C. The summed E-state index contributed by atoms with van der Waals surface area (Å²) in [7, 11) is 3.90. The third-order valence-electron chi connectivity index (χ3n) is 5.24. The lowest BCUT2D eigenvalue weighted by Gasteiger charge is -2.17. The highest BCUT2D eigenvalue weighted by Crippen LogP contribution is 2.35. The van der Waals surface area contributed by atoms with Crippen LogP contribution in [0.1, 0.15) is 34.8 Å². The molecule has 0 spiro atoms. The quantitative estimate of drug-likeness (QED) is 0.173. The van der Waals surface area contributed by atoms with Crippen molar-refractivity contribution in [2.75, 3.05) is 14.1 Å². The van der Waals surface area contributed by atoms with Gasteiger partial charge in [0.15, 0.2) is 11.5 Å². The van der Waals surface area contributed by atoms with Gasteiger partial charge in [-0.25, -0.2) is 0 Å². The molecule has 38 heavy (non-hydrogen) atoms. The Bertz CT molecular complexity index is 1290. The van der Waals surface area contributed by atoms with Gasteiger partial charge in [0.05, 0.1) is 6.04 Å². The molecule has 8 nitrogen and oxygen atoms in total. The predicted molar refractivity (Wildman–Crippen MR) is 152 cm³/mol. The van der Waals surface area contributed by atoms with Gasteiger partial charge in [-0.2, -0.15) is 0 Å². The monoisotopic (exact) mass is 645 g/mol. The summed E-state index contributed by atoms with van der Waals surface area (Å²) in [6, 6.07) is 19.6. The van der Waals surface area contributed by atoms with Gasteiger partial charge in [0.2, 0.25) is 0 Å². The second-order valence-electron chi connectivity index (χ2n) is 8.21. The summed E-state index contributed by atoms with van der Waals surface area (Å²) in [5.41, 5.74) is 2.11. The van der Waals surface area contributed by atoms with Crippen molar-refractivity contribution in [3.63, 3.8) is 0 Å². The molecule has 0 aliphatic carbocycles. The van der Waals surface area contributed by atoms with E-state index in [-0.39, 0.29) is 11.8 Å². The fourth-order valence-corrected chi connectivity index (χ4v) is 4.20. The zero-order valence-electron chi connectivity index (χ0n) is 21.1. The summed E-state index contributed by atoms with van der Waals surface area (Å²) in [5.74, 6) is 1.74. The number of aliphatic hydroxyl groups excluding tert-OH is 1. The molecular weight excluding hydrogens is 618 g/mol. The molecule has 0 amide bonds. The van der Waals surface area contributed by atoms with E-state index in [0.29, 0.717) is 35.2 Å². The molecule has 0 saturated heterocycles. The first-order valence-electron chi connectivity index (χ1n) is 11.6. The molecule has 2 heterocycles. The second kappa shape index (κ2) is 14.7. The second-order valence-corrected chi connectivity index (χ2v) is 9.79. The summed E-state index contributed by atoms with van der Waals surface area (Å²) in [4.78, 5) is 1.99. The normalized spacial score (nSPS) is 12.3. The van der Waals surface area contributed by atoms with Crippen molar-refractivity contribution < 1.29 is 23.6 Å². The minimum absolute atomic E-state index is 0.0500. The first-order chi connectivity index (χ1) is 18.3. The van der Waals surface area contributed by atoms with Crippen molar-refractivity contribution in [2.24, 2.45) is 0 Å². The summed E-state index contributed by atoms with van der Waals surface area (Å²) >= 11 is 6.76. The Labute approximate surface area is 238 Å². The van der Waals surface area contributed by atoms with Gasteiger partial charge in [-0.3, -0.25) is 4.90 Å². The number of nitrogens with zero attached hydrogens (tertiary/aromatic N) is 3. The maximum absolute atomic E-state index is 9.57. The summed E-state index contributed by atoms with van der Waals surface area (Å²) in [5, 5.41) is 17.3. The first kappa shape index (κ1) is 29.4. The molecule has 2 aromatic carbocycles. The third-order valence-corrected chi connectivity index (χ3v) is 6.70. The van der Waals surface area contributed by atoms with E-state index in [0.717, 1.165) is 15.6 Å². The smallest absolute Gasteiger partial charge is 0.269 e. The van der Waals surface area contributed by atoms with E-state index in [1.165, 1.54) is 6.08 Å². The van der Waals surface area contributed by atoms with Crippen LogP contribution in [0.15, 0.2) is 104 Å². The van der Waals surface area contributed by atoms with Crippen LogP contribution >= 0.6 is 31.9 Å². The fourth-order valence-electron chi connectivity index (χ4n) is 3.21. The van der Waals surface area contributed by atoms with E-state index >= 15 is 0 Å². The lowest BCUT2D eigenvalue weighted by molar-refractivity contribution is 0.180. The van der Waals surface area contributed by atoms with Crippen molar-refractivity contribution in [3.8, 4) is 11.8 Å². The molecule has 0 bridgehead atoms. The molecule has 1 N–H and O–H groups in total. The number of aromatic nitrogens is 2. The molecule has 0 aliphatic rings. The minimum atomic E-state index is -0.902. The summed E-state index contributed by atoms with van der Waals surface area (Å²) in [6.07, 6.45) is 2.25. The largest absolute Gasteiger partial charge is 0.470 e. The maximum atomic E-state index is 9.57. The van der Waals surface area contributed by atoms with Crippen molar-refractivity contribution in [1.82, 2.24) is 15.2 Å². The minimum Gasteiger partial charge on any atom is -0.470 e. The van der Waals surface area contributed by atoms with Gasteiger partial charge in [0.25, 0.3) is 11.8 Å². The van der Waals surface area contributed by atoms with Gasteiger partial charge in [0, 0.05) is 0 Å². The topological polar surface area (TPSA) is 94.0 Å². The molecular formula is C28H29Br2N3O5. The predicted octanol–water partition coefficient (Wildman–Crippen LogP) is 7.04. The lowest BCUT2D eigenvalue weighted by atomic mass is 10.2. The van der Waals surface area contributed by atoms with Crippen LogP contribution in [0.4, 0.5) is 0 Å². The van der Waals surface area contributed by atoms with Crippen LogP contribution in [0.3, 0.4) is 0 Å². The Hall–Kier alpha value is -3.18. The third kappa shape index (κ3) is 7.91. The van der Waals surface area contributed by atoms with E-state index in [4.69, 9.17) is 18.5 Å². The van der Waals surface area contributed by atoms with Crippen LogP contribution in [-0.2, 0) is 13.2 Å². The molecule has 0 radical (unpaired) electrons. The molecule has 10 heteroatoms. The highest BCUT2D eigenvalue weighted by Gasteiger charge is 2.23. The number of aliphatic hydroxyl groups is 1. The molecule has 0 aliphatic heterocycles. The standard InChI is InChI=1S/C15H17BrN2O2.C13H12BrNO3/c1-4-12(18(2)3)14-13(16)15(17-20-14)19-10-11-8-6-5-7-9-11;1-2-10(16)12-11(14)13(15-18-12)17-8-9-6-4-3-5-7-9/h4-9,12H,1,10H2,2-3H3;2-7,10,16H,1,8H2/t12-;10-/m01/s1. The number of benzene rings is 2. The van der Waals surface area contributed by atoms with Crippen molar-refractivity contribution in [3.05, 3.63) is 118 Å². The molecule has 4 rings (SSSR count). The van der Waals surface area contributed by atoms with Crippen LogP contribution < -0.4 is 9.47 Å². The Kier molecular flexibility index (Phi) is 11.3. The Morgan fingerprint density at radius 2 is 1.26 bits per heavy atom. The number of ether oxygens (including phenoxy) is 2. The van der Waals surface area contributed by atoms with Gasteiger partial charge in [0.1, 0.15) is 28.3 Å². The van der Waals surface area contributed by atoms with Gasteiger partial charge < -0.3 is 23.6 Å². The zero-order valence-corrected chi connectivity index (χ0v) is 24.3. The van der Waals surface area contributed by atoms with Crippen LogP contribution in [-0.4, -0.2) is 34.4 Å². The van der Waals surface area contributed by atoms with Gasteiger partial charge >= 0.3 is 0 Å². The molecule has 0 fully saturated rings. The average Bonchev–Trinajstić information content (AvgIpc) is 3.49. The van der Waals surface area contributed by atoms with Crippen LogP contribution in [0, 0.1) is 0 Å². The Morgan fingerprint density at radius 3 is 1.68 bits per heavy atom. The van der Waals surface area contributed by atoms with Crippen LogP contribution in [0.25, 0.3) is 0 Å². The van der Waals surface area contributed by atoms with Crippen LogP contribution in [0.5, 0.6) is 11.8 Å². The van der Waals surface area contributed by atoms with Crippen molar-refractivity contribution >= 4 is 31.9 Å². The number of hydrogen-bond acceptors (Lipinski definition) is 8. The fraction of sp³-hybridized carbons (Fsp3) is 0.214. The molecule has 2 aromatic heterocycles. The van der Waals surface area contributed by atoms with Gasteiger partial charge in [-0.1, -0.05) is 72.8 Å². The van der Waals surface area contributed by atoms with E-state index in [1.807, 2.05) is 79.7 Å². The molecule has 2 atom stereocenters. The molecule has 200 valence electrons. The zero-order chi connectivity index (χ0) is 27.5. The number of likely N-dealkylation sites (N-methyl/N-ethyl adjacent to an activating group) is 1. The molecule has 4 aromatic rings. The Balaban J connectivity index is 0.000000212. The van der Waals surface area contributed by atoms with E-state index in [2.05, 4.69) is 55.3 Å². The van der Waals surface area contributed by atoms with Gasteiger partial charge in [-0.05, 0) is 67.4 Å². The average molecular weight is 647 g/mol. The highest BCUT2D eigenvalue weighted by atomic mass is 79.9. The maximum Gasteiger partial charge on any atom is 0.269 e. The summed E-state index contributed by atoms with van der Waals surface area (Å²) in [6.45, 7) is 8.13. The van der Waals surface area contributed by atoms with Crippen LogP contribution in [0.2, 0.25) is 0 Å². The molecule has 0 unspecified atom stereocenters. The highest BCUT2D eigenvalue weighted by molar-refractivity contribution is 9.11. The first-order valence-corrected chi connectivity index (χ1v) is 13.2. The van der Waals surface area contributed by atoms with Gasteiger partial charge in [-0.15, -0.1) is 13.2 Å². The lowest BCUT2D eigenvalue weighted by Crippen LogP contribution is -2.17. The number of hydrogen-bond donors (Lipinski definition) is 1. The summed E-state index contributed by atoms with van der Waals surface area (Å²) < 4.78 is 22.8. The van der Waals surface area contributed by atoms with Crippen molar-refractivity contribution in [1.29, 1.82) is 0 Å².